The van der Waals surface area contributed by atoms with Crippen LogP contribution in [0.5, 0.6) is 0 Å². The molecule has 1 aliphatic rings. The Bertz CT molecular complexity index is 301. The largest absolute Gasteiger partial charge is 0.444 e. The normalized spacial score (nSPS) is 26.2. The molecule has 15 heavy (non-hydrogen) atoms. The van der Waals surface area contributed by atoms with Crippen LogP contribution in [-0.4, -0.2) is 29.7 Å². The topological polar surface area (TPSA) is 53.3 Å². The van der Waals surface area contributed by atoms with Crippen LogP contribution in [0.25, 0.3) is 0 Å². The van der Waals surface area contributed by atoms with E-state index in [1.165, 1.54) is 0 Å². The van der Waals surface area contributed by atoms with Gasteiger partial charge in [0, 0.05) is 13.1 Å². The van der Waals surface area contributed by atoms with E-state index >= 15 is 0 Å². The van der Waals surface area contributed by atoms with Crippen LogP contribution in [0.15, 0.2) is 0 Å². The van der Waals surface area contributed by atoms with Gasteiger partial charge in [-0.25, -0.2) is 4.79 Å². The Labute approximate surface area is 90.8 Å². The molecule has 1 saturated heterocycles. The fraction of sp³-hybridized carbons (Fsp3) is 0.818. The highest BCUT2D eigenvalue weighted by molar-refractivity contribution is 5.68. The fourth-order valence-electron chi connectivity index (χ4n) is 1.53. The summed E-state index contributed by atoms with van der Waals surface area (Å²) in [4.78, 5) is 13.3. The molecule has 1 unspecified atom stereocenters. The van der Waals surface area contributed by atoms with Crippen molar-refractivity contribution in [2.75, 3.05) is 13.1 Å². The van der Waals surface area contributed by atoms with Gasteiger partial charge in [-0.05, 0) is 34.1 Å². The van der Waals surface area contributed by atoms with E-state index in [2.05, 4.69) is 6.07 Å². The minimum Gasteiger partial charge on any atom is -0.444 e. The third-order valence-corrected chi connectivity index (χ3v) is 2.39. The molecule has 1 amide bonds. The number of amides is 1. The zero-order valence-electron chi connectivity index (χ0n) is 9.83. The predicted molar refractivity (Wildman–Crippen MR) is 56.1 cm³/mol. The SMILES string of the molecule is CC1(C#N)CCN(C(=O)OC(C)(C)C)C1. The summed E-state index contributed by atoms with van der Waals surface area (Å²) in [6, 6.07) is 2.24. The van der Waals surface area contributed by atoms with Gasteiger partial charge in [-0.3, -0.25) is 0 Å². The predicted octanol–water partition coefficient (Wildman–Crippen LogP) is 2.16. The van der Waals surface area contributed by atoms with Gasteiger partial charge in [-0.15, -0.1) is 0 Å². The van der Waals surface area contributed by atoms with E-state index in [1.54, 1.807) is 4.90 Å². The van der Waals surface area contributed by atoms with Crippen molar-refractivity contribution in [3.05, 3.63) is 0 Å². The van der Waals surface area contributed by atoms with Crippen LogP contribution in [0.2, 0.25) is 0 Å². The third kappa shape index (κ3) is 3.12. The minimum atomic E-state index is -0.470. The van der Waals surface area contributed by atoms with Crippen LogP contribution in [0.4, 0.5) is 4.79 Å². The molecule has 0 bridgehead atoms. The highest BCUT2D eigenvalue weighted by Crippen LogP contribution is 2.29. The smallest absolute Gasteiger partial charge is 0.410 e. The molecule has 0 saturated carbocycles. The summed E-state index contributed by atoms with van der Waals surface area (Å²) in [6.45, 7) is 8.47. The lowest BCUT2D eigenvalue weighted by Crippen LogP contribution is -2.36. The number of nitrogens with zero attached hydrogens (tertiary/aromatic N) is 2. The van der Waals surface area contributed by atoms with Crippen molar-refractivity contribution in [3.63, 3.8) is 0 Å². The lowest BCUT2D eigenvalue weighted by molar-refractivity contribution is 0.0283. The van der Waals surface area contributed by atoms with E-state index in [0.717, 1.165) is 6.42 Å². The second kappa shape index (κ2) is 3.73. The molecule has 1 rings (SSSR count). The summed E-state index contributed by atoms with van der Waals surface area (Å²) in [5.74, 6) is 0. The van der Waals surface area contributed by atoms with Crippen molar-refractivity contribution < 1.29 is 9.53 Å². The molecule has 1 fully saturated rings. The van der Waals surface area contributed by atoms with Crippen LogP contribution in [0, 0.1) is 16.7 Å². The van der Waals surface area contributed by atoms with Crippen LogP contribution in [0.1, 0.15) is 34.1 Å². The molecule has 0 aromatic carbocycles. The van der Waals surface area contributed by atoms with Gasteiger partial charge in [0.05, 0.1) is 11.5 Å². The first-order valence-electron chi connectivity index (χ1n) is 5.15. The maximum Gasteiger partial charge on any atom is 0.410 e. The van der Waals surface area contributed by atoms with Crippen LogP contribution >= 0.6 is 0 Å². The molecule has 4 nitrogen and oxygen atoms in total. The Morgan fingerprint density at radius 1 is 1.53 bits per heavy atom. The molecular formula is C11H18N2O2. The molecule has 1 heterocycles. The molecule has 4 heteroatoms. The zero-order valence-corrected chi connectivity index (χ0v) is 9.83. The highest BCUT2D eigenvalue weighted by Gasteiger charge is 2.37. The van der Waals surface area contributed by atoms with Gasteiger partial charge < -0.3 is 9.64 Å². The lowest BCUT2D eigenvalue weighted by Gasteiger charge is -2.24. The standard InChI is InChI=1S/C11H18N2O2/c1-10(2,3)15-9(14)13-6-5-11(4,7-12)8-13/h5-6,8H2,1-4H3. The Kier molecular flexibility index (Phi) is 2.94. The maximum absolute atomic E-state index is 11.7. The highest BCUT2D eigenvalue weighted by atomic mass is 16.6. The maximum atomic E-state index is 11.7. The molecule has 0 aromatic heterocycles. The molecule has 0 aromatic rings. The van der Waals surface area contributed by atoms with Gasteiger partial charge in [0.1, 0.15) is 5.60 Å². The van der Waals surface area contributed by atoms with Crippen molar-refractivity contribution in [2.45, 2.75) is 39.7 Å². The summed E-state index contributed by atoms with van der Waals surface area (Å²) in [5, 5.41) is 8.93. The number of nitriles is 1. The van der Waals surface area contributed by atoms with Gasteiger partial charge in [-0.1, -0.05) is 0 Å². The number of hydrogen-bond acceptors (Lipinski definition) is 3. The number of hydrogen-bond donors (Lipinski definition) is 0. The van der Waals surface area contributed by atoms with Gasteiger partial charge in [0.2, 0.25) is 0 Å². The molecular weight excluding hydrogens is 192 g/mol. The monoisotopic (exact) mass is 210 g/mol. The van der Waals surface area contributed by atoms with Crippen molar-refractivity contribution in [2.24, 2.45) is 5.41 Å². The van der Waals surface area contributed by atoms with Crippen molar-refractivity contribution in [1.29, 1.82) is 5.26 Å². The number of rotatable bonds is 0. The van der Waals surface area contributed by atoms with E-state index in [-0.39, 0.29) is 6.09 Å². The molecule has 0 spiro atoms. The van der Waals surface area contributed by atoms with Gasteiger partial charge in [0.15, 0.2) is 0 Å². The molecule has 1 aliphatic heterocycles. The van der Waals surface area contributed by atoms with E-state index in [4.69, 9.17) is 10.00 Å². The van der Waals surface area contributed by atoms with Gasteiger partial charge in [-0.2, -0.15) is 5.26 Å². The van der Waals surface area contributed by atoms with Crippen LogP contribution < -0.4 is 0 Å². The van der Waals surface area contributed by atoms with Gasteiger partial charge >= 0.3 is 6.09 Å². The van der Waals surface area contributed by atoms with E-state index in [0.29, 0.717) is 13.1 Å². The van der Waals surface area contributed by atoms with Crippen molar-refractivity contribution in [3.8, 4) is 6.07 Å². The molecule has 1 atom stereocenters. The first-order valence-corrected chi connectivity index (χ1v) is 5.15. The summed E-state index contributed by atoms with van der Waals surface area (Å²) >= 11 is 0. The Hall–Kier alpha value is -1.24. The average molecular weight is 210 g/mol. The molecule has 0 N–H and O–H groups in total. The van der Waals surface area contributed by atoms with Gasteiger partial charge in [0.25, 0.3) is 0 Å². The summed E-state index contributed by atoms with van der Waals surface area (Å²) in [7, 11) is 0. The molecule has 0 radical (unpaired) electrons. The quantitative estimate of drug-likeness (QED) is 0.615. The fourth-order valence-corrected chi connectivity index (χ4v) is 1.53. The van der Waals surface area contributed by atoms with E-state index < -0.39 is 11.0 Å². The summed E-state index contributed by atoms with van der Waals surface area (Å²) in [6.07, 6.45) is 0.407. The first kappa shape index (κ1) is 11.8. The van der Waals surface area contributed by atoms with E-state index in [9.17, 15) is 4.79 Å². The molecule has 0 aliphatic carbocycles. The summed E-state index contributed by atoms with van der Waals surface area (Å²) in [5.41, 5.74) is -0.875. The average Bonchev–Trinajstić information content (AvgIpc) is 2.46. The minimum absolute atomic E-state index is 0.318. The Morgan fingerprint density at radius 3 is 2.53 bits per heavy atom. The van der Waals surface area contributed by atoms with Crippen molar-refractivity contribution >= 4 is 6.09 Å². The second-order valence-electron chi connectivity index (χ2n) is 5.32. The molecule has 84 valence electrons. The number of likely N-dealkylation sites (tertiary alicyclic amines) is 1. The third-order valence-electron chi connectivity index (χ3n) is 2.39. The van der Waals surface area contributed by atoms with Crippen LogP contribution in [0.3, 0.4) is 0 Å². The number of carbonyl (C=O) groups excluding carboxylic acids is 1. The Morgan fingerprint density at radius 2 is 2.13 bits per heavy atom. The van der Waals surface area contributed by atoms with Crippen molar-refractivity contribution in [1.82, 2.24) is 4.90 Å². The Balaban J connectivity index is 2.56. The number of ether oxygens (including phenoxy) is 1. The van der Waals surface area contributed by atoms with Crippen LogP contribution in [-0.2, 0) is 4.74 Å². The number of carbonyl (C=O) groups is 1. The lowest BCUT2D eigenvalue weighted by atomic mass is 9.92. The second-order valence-corrected chi connectivity index (χ2v) is 5.32. The summed E-state index contributed by atoms with van der Waals surface area (Å²) < 4.78 is 5.24. The van der Waals surface area contributed by atoms with E-state index in [1.807, 2.05) is 27.7 Å². The first-order chi connectivity index (χ1) is 6.76. The zero-order chi connectivity index (χ0) is 11.7.